The van der Waals surface area contributed by atoms with E-state index in [1.165, 1.54) is 51.4 Å². The maximum atomic E-state index is 12.2. The van der Waals surface area contributed by atoms with Gasteiger partial charge in [-0.05, 0) is 49.9 Å². The van der Waals surface area contributed by atoms with Crippen LogP contribution in [0.2, 0.25) is 0 Å². The van der Waals surface area contributed by atoms with Crippen molar-refractivity contribution in [3.8, 4) is 0 Å². The Morgan fingerprint density at radius 3 is 2.29 bits per heavy atom. The molecule has 124 valence electrons. The second-order valence-electron chi connectivity index (χ2n) is 6.72. The molecule has 3 aliphatic rings. The van der Waals surface area contributed by atoms with Crippen molar-refractivity contribution in [1.82, 2.24) is 5.32 Å². The average Bonchev–Trinajstić information content (AvgIpc) is 2.55. The predicted molar refractivity (Wildman–Crippen MR) is 91.2 cm³/mol. The van der Waals surface area contributed by atoms with E-state index in [-0.39, 0.29) is 0 Å². The van der Waals surface area contributed by atoms with Crippen molar-refractivity contribution in [1.29, 1.82) is 0 Å². The highest BCUT2D eigenvalue weighted by atomic mass is 16.1. The van der Waals surface area contributed by atoms with E-state index < -0.39 is 0 Å². The Morgan fingerprint density at radius 2 is 1.71 bits per heavy atom. The number of amides is 1. The van der Waals surface area contributed by atoms with Crippen LogP contribution in [-0.4, -0.2) is 12.5 Å². The van der Waals surface area contributed by atoms with Gasteiger partial charge in [-0.15, -0.1) is 0 Å². The Labute approximate surface area is 132 Å². The summed E-state index contributed by atoms with van der Waals surface area (Å²) >= 11 is 0. The Bertz CT molecular complexity index is 289. The lowest BCUT2D eigenvalue weighted by Crippen LogP contribution is -2.45. The molecule has 0 aromatic carbocycles. The standard InChI is InChI=1S/C17H31NO.C2H6/c1-3-5-6-7-13-11-15-9-8-14(13)12-16(15)17(19)18-10-4-2;1-2/h13-16H,3-12H2,1-2H3,(H,18,19);1-2H3. The molecule has 21 heavy (non-hydrogen) atoms. The lowest BCUT2D eigenvalue weighted by molar-refractivity contribution is -0.131. The zero-order chi connectivity index (χ0) is 15.7. The molecule has 3 rings (SSSR count). The van der Waals surface area contributed by atoms with Crippen molar-refractivity contribution in [2.24, 2.45) is 23.7 Å². The van der Waals surface area contributed by atoms with E-state index in [9.17, 15) is 4.79 Å². The van der Waals surface area contributed by atoms with Crippen molar-refractivity contribution in [2.75, 3.05) is 6.54 Å². The lowest BCUT2D eigenvalue weighted by atomic mass is 9.58. The maximum absolute atomic E-state index is 12.2. The molecule has 0 aromatic rings. The first-order chi connectivity index (χ1) is 10.3. The van der Waals surface area contributed by atoms with Gasteiger partial charge in [-0.2, -0.15) is 0 Å². The first kappa shape index (κ1) is 18.5. The molecule has 2 bridgehead atoms. The molecule has 1 amide bonds. The fourth-order valence-corrected chi connectivity index (χ4v) is 4.27. The minimum Gasteiger partial charge on any atom is -0.356 e. The molecule has 3 aliphatic carbocycles. The molecule has 3 saturated carbocycles. The summed E-state index contributed by atoms with van der Waals surface area (Å²) in [5, 5.41) is 3.12. The average molecular weight is 296 g/mol. The summed E-state index contributed by atoms with van der Waals surface area (Å²) in [5.41, 5.74) is 0. The highest BCUT2D eigenvalue weighted by molar-refractivity contribution is 5.79. The molecule has 0 saturated heterocycles. The monoisotopic (exact) mass is 295 g/mol. The highest BCUT2D eigenvalue weighted by Gasteiger charge is 2.43. The van der Waals surface area contributed by atoms with E-state index in [0.717, 1.165) is 24.8 Å². The maximum Gasteiger partial charge on any atom is 0.223 e. The summed E-state index contributed by atoms with van der Waals surface area (Å²) in [4.78, 5) is 12.2. The van der Waals surface area contributed by atoms with Gasteiger partial charge < -0.3 is 5.32 Å². The third-order valence-electron chi connectivity index (χ3n) is 5.37. The van der Waals surface area contributed by atoms with Crippen LogP contribution in [0.3, 0.4) is 0 Å². The van der Waals surface area contributed by atoms with Gasteiger partial charge in [0.05, 0.1) is 0 Å². The Hall–Kier alpha value is -0.530. The molecule has 4 unspecified atom stereocenters. The quantitative estimate of drug-likeness (QED) is 0.645. The molecule has 2 nitrogen and oxygen atoms in total. The molecular formula is C19H37NO. The second kappa shape index (κ2) is 10.2. The summed E-state index contributed by atoms with van der Waals surface area (Å²) in [5.74, 6) is 3.16. The fourth-order valence-electron chi connectivity index (χ4n) is 4.27. The van der Waals surface area contributed by atoms with Crippen molar-refractivity contribution in [3.05, 3.63) is 0 Å². The molecule has 4 atom stereocenters. The number of hydrogen-bond donors (Lipinski definition) is 1. The van der Waals surface area contributed by atoms with Crippen LogP contribution < -0.4 is 5.32 Å². The summed E-state index contributed by atoms with van der Waals surface area (Å²) in [6, 6.07) is 0. The number of rotatable bonds is 7. The normalized spacial score (nSPS) is 30.5. The van der Waals surface area contributed by atoms with E-state index in [0.29, 0.717) is 17.7 Å². The summed E-state index contributed by atoms with van der Waals surface area (Å²) in [6.07, 6.45) is 11.8. The van der Waals surface area contributed by atoms with Crippen LogP contribution in [0.4, 0.5) is 0 Å². The van der Waals surface area contributed by atoms with Crippen molar-refractivity contribution in [2.45, 2.75) is 85.5 Å². The first-order valence-electron chi connectivity index (χ1n) is 9.53. The van der Waals surface area contributed by atoms with Gasteiger partial charge in [-0.25, -0.2) is 0 Å². The number of fused-ring (bicyclic) bond motifs is 3. The second-order valence-corrected chi connectivity index (χ2v) is 6.72. The largest absolute Gasteiger partial charge is 0.356 e. The van der Waals surface area contributed by atoms with E-state index in [4.69, 9.17) is 0 Å². The number of carbonyl (C=O) groups is 1. The van der Waals surface area contributed by atoms with E-state index in [2.05, 4.69) is 19.2 Å². The Kier molecular flexibility index (Phi) is 9.03. The Balaban J connectivity index is 0.00000106. The van der Waals surface area contributed by atoms with Crippen molar-refractivity contribution in [3.63, 3.8) is 0 Å². The van der Waals surface area contributed by atoms with E-state index in [1.807, 2.05) is 13.8 Å². The van der Waals surface area contributed by atoms with Gasteiger partial charge in [0.2, 0.25) is 5.91 Å². The van der Waals surface area contributed by atoms with E-state index in [1.54, 1.807) is 0 Å². The van der Waals surface area contributed by atoms with Gasteiger partial charge in [0, 0.05) is 12.5 Å². The van der Waals surface area contributed by atoms with Crippen LogP contribution in [0.15, 0.2) is 0 Å². The van der Waals surface area contributed by atoms with Gasteiger partial charge in [0.25, 0.3) is 0 Å². The molecule has 0 aromatic heterocycles. The topological polar surface area (TPSA) is 29.1 Å². The minimum atomic E-state index is 0.340. The summed E-state index contributed by atoms with van der Waals surface area (Å²) in [6.45, 7) is 9.25. The third kappa shape index (κ3) is 5.30. The number of carbonyl (C=O) groups excluding carboxylic acids is 1. The molecule has 0 aliphatic heterocycles. The van der Waals surface area contributed by atoms with Crippen LogP contribution in [0.25, 0.3) is 0 Å². The summed E-state index contributed by atoms with van der Waals surface area (Å²) < 4.78 is 0. The SMILES string of the molecule is CC.CCCCCC1CC2CCC1CC2C(=O)NCCC. The van der Waals surface area contributed by atoms with Gasteiger partial charge in [0.1, 0.15) is 0 Å². The lowest BCUT2D eigenvalue weighted by Gasteiger charge is -2.47. The molecular weight excluding hydrogens is 258 g/mol. The molecule has 0 radical (unpaired) electrons. The molecule has 3 fully saturated rings. The number of unbranched alkanes of at least 4 members (excludes halogenated alkanes) is 2. The zero-order valence-electron chi connectivity index (χ0n) is 14.8. The van der Waals surface area contributed by atoms with Gasteiger partial charge in [-0.1, -0.05) is 53.4 Å². The number of hydrogen-bond acceptors (Lipinski definition) is 1. The predicted octanol–water partition coefficient (Wildman–Crippen LogP) is 5.17. The van der Waals surface area contributed by atoms with Crippen LogP contribution in [0, 0.1) is 23.7 Å². The molecule has 1 N–H and O–H groups in total. The highest BCUT2D eigenvalue weighted by Crippen LogP contribution is 2.49. The van der Waals surface area contributed by atoms with Crippen LogP contribution >= 0.6 is 0 Å². The molecule has 2 heteroatoms. The van der Waals surface area contributed by atoms with Gasteiger partial charge in [0.15, 0.2) is 0 Å². The van der Waals surface area contributed by atoms with Crippen molar-refractivity contribution >= 4 is 5.91 Å². The molecule has 0 heterocycles. The minimum absolute atomic E-state index is 0.340. The van der Waals surface area contributed by atoms with Gasteiger partial charge >= 0.3 is 0 Å². The number of nitrogens with one attached hydrogen (secondary N) is 1. The smallest absolute Gasteiger partial charge is 0.223 e. The van der Waals surface area contributed by atoms with Crippen LogP contribution in [0.1, 0.15) is 85.5 Å². The zero-order valence-corrected chi connectivity index (χ0v) is 14.8. The van der Waals surface area contributed by atoms with E-state index >= 15 is 0 Å². The fraction of sp³-hybridized carbons (Fsp3) is 0.947. The van der Waals surface area contributed by atoms with Gasteiger partial charge in [-0.3, -0.25) is 4.79 Å². The van der Waals surface area contributed by atoms with Crippen LogP contribution in [0.5, 0.6) is 0 Å². The molecule has 0 spiro atoms. The van der Waals surface area contributed by atoms with Crippen molar-refractivity contribution < 1.29 is 4.79 Å². The third-order valence-corrected chi connectivity index (χ3v) is 5.37. The summed E-state index contributed by atoms with van der Waals surface area (Å²) in [7, 11) is 0. The van der Waals surface area contributed by atoms with Crippen LogP contribution in [-0.2, 0) is 4.79 Å². The first-order valence-corrected chi connectivity index (χ1v) is 9.53. The Morgan fingerprint density at radius 1 is 1.00 bits per heavy atom.